The van der Waals surface area contributed by atoms with E-state index in [2.05, 4.69) is 20.3 Å². The molecule has 0 aliphatic rings. The number of rotatable bonds is 12. The van der Waals surface area contributed by atoms with Crippen molar-refractivity contribution >= 4 is 33.1 Å². The Kier molecular flexibility index (Phi) is 9.64. The predicted molar refractivity (Wildman–Crippen MR) is 145 cm³/mol. The number of anilines is 1. The van der Waals surface area contributed by atoms with Gasteiger partial charge in [0.25, 0.3) is 5.88 Å². The number of carbonyl (C=O) groups excluding carboxylic acids is 1. The van der Waals surface area contributed by atoms with E-state index >= 15 is 0 Å². The van der Waals surface area contributed by atoms with Crippen LogP contribution >= 0.6 is 0 Å². The maximum absolute atomic E-state index is 13.9. The van der Waals surface area contributed by atoms with Gasteiger partial charge in [-0.25, -0.2) is 4.98 Å². The SMILES string of the molecule is CC(=O)Nc1nc(OS(=O)(=O)c2c(C(C)C)cc(C(C)C)cc2C(C)C)c2ncn(C(O)OCCCO)c2n1. The average molecular weight is 564 g/mol. The van der Waals surface area contributed by atoms with Crippen LogP contribution in [0.1, 0.15) is 95.7 Å². The smallest absolute Gasteiger partial charge is 0.341 e. The largest absolute Gasteiger partial charge is 0.396 e. The molecule has 3 aromatic rings. The number of hydrogen-bond acceptors (Lipinski definition) is 10. The molecule has 0 saturated heterocycles. The molecule has 2 heterocycles. The number of aliphatic hydroxyl groups is 2. The monoisotopic (exact) mass is 563 g/mol. The molecule has 1 aromatic carbocycles. The van der Waals surface area contributed by atoms with Crippen LogP contribution in [0.4, 0.5) is 5.95 Å². The van der Waals surface area contributed by atoms with Gasteiger partial charge in [0.2, 0.25) is 18.3 Å². The van der Waals surface area contributed by atoms with E-state index in [1.165, 1.54) is 13.3 Å². The Morgan fingerprint density at radius 1 is 1.05 bits per heavy atom. The fourth-order valence-electron chi connectivity index (χ4n) is 3.98. The lowest BCUT2D eigenvalue weighted by Gasteiger charge is -2.22. The third kappa shape index (κ3) is 6.90. The molecule has 0 fully saturated rings. The highest BCUT2D eigenvalue weighted by molar-refractivity contribution is 7.87. The van der Waals surface area contributed by atoms with E-state index < -0.39 is 28.3 Å². The molecule has 1 atom stereocenters. The van der Waals surface area contributed by atoms with Crippen LogP contribution in [0.5, 0.6) is 5.88 Å². The number of benzene rings is 1. The first-order chi connectivity index (χ1) is 18.3. The van der Waals surface area contributed by atoms with Crippen molar-refractivity contribution in [2.45, 2.75) is 84.0 Å². The van der Waals surface area contributed by atoms with Crippen LogP contribution in [-0.4, -0.2) is 57.3 Å². The molecule has 3 rings (SSSR count). The number of amides is 1. The van der Waals surface area contributed by atoms with E-state index in [1.807, 2.05) is 53.7 Å². The molecule has 0 spiro atoms. The van der Waals surface area contributed by atoms with E-state index in [1.54, 1.807) is 0 Å². The van der Waals surface area contributed by atoms with Gasteiger partial charge >= 0.3 is 10.1 Å². The Bertz CT molecular complexity index is 1400. The number of imidazole rings is 1. The van der Waals surface area contributed by atoms with Crippen LogP contribution in [0.2, 0.25) is 0 Å². The highest BCUT2D eigenvalue weighted by Crippen LogP contribution is 2.37. The minimum absolute atomic E-state index is 0.0289. The summed E-state index contributed by atoms with van der Waals surface area (Å²) in [5.41, 5.74) is 2.17. The summed E-state index contributed by atoms with van der Waals surface area (Å²) < 4.78 is 39.9. The Balaban J connectivity index is 2.19. The second-order valence-electron chi connectivity index (χ2n) is 10.2. The molecule has 0 bridgehead atoms. The summed E-state index contributed by atoms with van der Waals surface area (Å²) in [4.78, 5) is 24.3. The molecule has 2 aromatic heterocycles. The lowest BCUT2D eigenvalue weighted by molar-refractivity contribution is -0.152. The highest BCUT2D eigenvalue weighted by Gasteiger charge is 2.31. The summed E-state index contributed by atoms with van der Waals surface area (Å²) in [6, 6.07) is 3.79. The zero-order valence-electron chi connectivity index (χ0n) is 23.3. The van der Waals surface area contributed by atoms with Crippen LogP contribution < -0.4 is 9.50 Å². The van der Waals surface area contributed by atoms with Gasteiger partial charge in [-0.3, -0.25) is 14.7 Å². The second kappa shape index (κ2) is 12.4. The highest BCUT2D eigenvalue weighted by atomic mass is 32.2. The maximum atomic E-state index is 13.9. The Morgan fingerprint density at radius 3 is 2.18 bits per heavy atom. The second-order valence-corrected chi connectivity index (χ2v) is 11.6. The van der Waals surface area contributed by atoms with Gasteiger partial charge in [-0.15, -0.1) is 0 Å². The minimum Gasteiger partial charge on any atom is -0.396 e. The van der Waals surface area contributed by atoms with Crippen molar-refractivity contribution in [2.75, 3.05) is 18.5 Å². The summed E-state index contributed by atoms with van der Waals surface area (Å²) >= 11 is 0. The third-order valence-electron chi connectivity index (χ3n) is 6.00. The first kappa shape index (κ1) is 30.4. The molecular weight excluding hydrogens is 526 g/mol. The zero-order chi connectivity index (χ0) is 29.1. The number of aliphatic hydroxyl groups excluding tert-OH is 2. The Labute approximate surface area is 228 Å². The normalized spacial score (nSPS) is 13.0. The fourth-order valence-corrected chi connectivity index (χ4v) is 5.56. The minimum atomic E-state index is -4.45. The first-order valence-electron chi connectivity index (χ1n) is 12.8. The van der Waals surface area contributed by atoms with Crippen molar-refractivity contribution in [3.8, 4) is 5.88 Å². The number of aromatic nitrogens is 4. The lowest BCUT2D eigenvalue weighted by atomic mass is 9.89. The lowest BCUT2D eigenvalue weighted by Crippen LogP contribution is -2.19. The van der Waals surface area contributed by atoms with Crippen LogP contribution in [0, 0.1) is 0 Å². The van der Waals surface area contributed by atoms with Gasteiger partial charge in [-0.1, -0.05) is 53.7 Å². The van der Waals surface area contributed by atoms with Crippen LogP contribution in [0.3, 0.4) is 0 Å². The molecule has 39 heavy (non-hydrogen) atoms. The van der Waals surface area contributed by atoms with E-state index in [-0.39, 0.29) is 59.4 Å². The molecule has 1 amide bonds. The zero-order valence-corrected chi connectivity index (χ0v) is 24.1. The van der Waals surface area contributed by atoms with Gasteiger partial charge < -0.3 is 19.1 Å². The molecule has 0 radical (unpaired) electrons. The van der Waals surface area contributed by atoms with Crippen molar-refractivity contribution < 1.29 is 32.3 Å². The number of hydrogen-bond donors (Lipinski definition) is 3. The molecule has 0 saturated carbocycles. The summed E-state index contributed by atoms with van der Waals surface area (Å²) in [5, 5.41) is 21.9. The van der Waals surface area contributed by atoms with Gasteiger partial charge in [0, 0.05) is 13.5 Å². The molecule has 214 valence electrons. The summed E-state index contributed by atoms with van der Waals surface area (Å²) in [6.45, 7) is 12.9. The maximum Gasteiger partial charge on any atom is 0.341 e. The molecular formula is C26H37N5O7S. The van der Waals surface area contributed by atoms with Crippen molar-refractivity contribution in [3.05, 3.63) is 35.2 Å². The number of nitrogens with one attached hydrogen (secondary N) is 1. The van der Waals surface area contributed by atoms with Crippen LogP contribution in [-0.2, 0) is 19.6 Å². The molecule has 13 heteroatoms. The molecule has 3 N–H and O–H groups in total. The predicted octanol–water partition coefficient (Wildman–Crippen LogP) is 3.77. The quantitative estimate of drug-likeness (QED) is 0.168. The topological polar surface area (TPSA) is 166 Å². The number of nitrogens with zero attached hydrogens (tertiary/aromatic N) is 4. The van der Waals surface area contributed by atoms with Crippen molar-refractivity contribution in [2.24, 2.45) is 0 Å². The molecule has 0 aliphatic heterocycles. The summed E-state index contributed by atoms with van der Waals surface area (Å²) in [6.07, 6.45) is -0.0694. The average Bonchev–Trinajstić information content (AvgIpc) is 3.27. The number of ether oxygens (including phenoxy) is 1. The van der Waals surface area contributed by atoms with Crippen molar-refractivity contribution in [3.63, 3.8) is 0 Å². The van der Waals surface area contributed by atoms with Gasteiger partial charge in [-0.05, 0) is 40.9 Å². The summed E-state index contributed by atoms with van der Waals surface area (Å²) in [7, 11) is -4.45. The van der Waals surface area contributed by atoms with Gasteiger partial charge in [0.05, 0.1) is 6.61 Å². The van der Waals surface area contributed by atoms with Gasteiger partial charge in [0.1, 0.15) is 11.2 Å². The standard InChI is InChI=1S/C26H37N5O7S/c1-14(2)18-11-19(15(3)4)22(20(12-18)16(5)6)39(35,36)38-24-21-23(29-25(30-24)28-17(7)33)31(13-27-21)26(34)37-10-8-9-32/h11-16,26,32,34H,8-10H2,1-7H3,(H,28,29,30,33). The summed E-state index contributed by atoms with van der Waals surface area (Å²) in [5.74, 6) is -1.22. The molecule has 12 nitrogen and oxygen atoms in total. The van der Waals surface area contributed by atoms with E-state index in [9.17, 15) is 18.3 Å². The third-order valence-corrected chi connectivity index (χ3v) is 7.35. The van der Waals surface area contributed by atoms with Gasteiger partial charge in [-0.2, -0.15) is 18.4 Å². The molecule has 1 unspecified atom stereocenters. The van der Waals surface area contributed by atoms with Crippen LogP contribution in [0.25, 0.3) is 11.2 Å². The van der Waals surface area contributed by atoms with Crippen molar-refractivity contribution in [1.29, 1.82) is 0 Å². The first-order valence-corrected chi connectivity index (χ1v) is 14.2. The number of carbonyl (C=O) groups is 1. The van der Waals surface area contributed by atoms with Crippen molar-refractivity contribution in [1.82, 2.24) is 19.5 Å². The van der Waals surface area contributed by atoms with Gasteiger partial charge in [0.15, 0.2) is 11.2 Å². The Morgan fingerprint density at radius 2 is 1.67 bits per heavy atom. The Hall–Kier alpha value is -3.13. The van der Waals surface area contributed by atoms with E-state index in [4.69, 9.17) is 14.0 Å². The molecule has 0 aliphatic carbocycles. The van der Waals surface area contributed by atoms with E-state index in [0.717, 1.165) is 10.1 Å². The van der Waals surface area contributed by atoms with E-state index in [0.29, 0.717) is 11.1 Å². The number of fused-ring (bicyclic) bond motifs is 1. The van der Waals surface area contributed by atoms with Crippen LogP contribution in [0.15, 0.2) is 23.4 Å². The fraction of sp³-hybridized carbons (Fsp3) is 0.538.